The first-order valence-corrected chi connectivity index (χ1v) is 6.54. The predicted molar refractivity (Wildman–Crippen MR) is 73.0 cm³/mol. The van der Waals surface area contributed by atoms with Crippen molar-refractivity contribution in [3.05, 3.63) is 11.9 Å². The summed E-state index contributed by atoms with van der Waals surface area (Å²) in [7, 11) is 1.71. The molecular weight excluding hydrogens is 230 g/mol. The summed E-state index contributed by atoms with van der Waals surface area (Å²) in [6.07, 6.45) is 3.06. The molecule has 1 N–H and O–H groups in total. The topological polar surface area (TPSA) is 48.3 Å². The first-order valence-electron chi connectivity index (χ1n) is 6.54. The van der Waals surface area contributed by atoms with Gasteiger partial charge in [-0.25, -0.2) is 4.98 Å². The van der Waals surface area contributed by atoms with Gasteiger partial charge in [-0.1, -0.05) is 0 Å². The van der Waals surface area contributed by atoms with Gasteiger partial charge in [0.1, 0.15) is 0 Å². The number of hydrogen-bond acceptors (Lipinski definition) is 4. The molecule has 0 saturated heterocycles. The number of rotatable bonds is 9. The molecule has 1 aromatic rings. The van der Waals surface area contributed by atoms with Crippen LogP contribution < -0.4 is 5.32 Å². The molecule has 0 bridgehead atoms. The molecule has 1 atom stereocenters. The van der Waals surface area contributed by atoms with E-state index < -0.39 is 0 Å². The van der Waals surface area contributed by atoms with Crippen molar-refractivity contribution in [2.45, 2.75) is 39.8 Å². The Bertz CT molecular complexity index is 339. The van der Waals surface area contributed by atoms with Crippen molar-refractivity contribution in [1.82, 2.24) is 9.55 Å². The lowest BCUT2D eigenvalue weighted by atomic mass is 10.4. The van der Waals surface area contributed by atoms with Crippen molar-refractivity contribution in [2.24, 2.45) is 0 Å². The van der Waals surface area contributed by atoms with Gasteiger partial charge >= 0.3 is 0 Å². The van der Waals surface area contributed by atoms with E-state index in [0.717, 1.165) is 37.8 Å². The van der Waals surface area contributed by atoms with E-state index in [0.29, 0.717) is 6.61 Å². The zero-order chi connectivity index (χ0) is 13.4. The Balaban J connectivity index is 2.50. The van der Waals surface area contributed by atoms with Crippen LogP contribution in [0.4, 0.5) is 5.95 Å². The Morgan fingerprint density at radius 3 is 2.94 bits per heavy atom. The number of aromatic nitrogens is 2. The highest BCUT2D eigenvalue weighted by molar-refractivity contribution is 5.29. The lowest BCUT2D eigenvalue weighted by Gasteiger charge is -2.15. The molecule has 1 aromatic heterocycles. The second-order valence-electron chi connectivity index (χ2n) is 4.45. The Morgan fingerprint density at radius 1 is 1.50 bits per heavy atom. The van der Waals surface area contributed by atoms with Gasteiger partial charge in [0.2, 0.25) is 5.95 Å². The van der Waals surface area contributed by atoms with E-state index >= 15 is 0 Å². The summed E-state index contributed by atoms with van der Waals surface area (Å²) in [5, 5.41) is 3.36. The summed E-state index contributed by atoms with van der Waals surface area (Å²) in [4.78, 5) is 4.49. The van der Waals surface area contributed by atoms with E-state index in [4.69, 9.17) is 9.47 Å². The van der Waals surface area contributed by atoms with Crippen LogP contribution in [-0.2, 0) is 16.0 Å². The van der Waals surface area contributed by atoms with Gasteiger partial charge in [0.15, 0.2) is 0 Å². The minimum absolute atomic E-state index is 0.252. The zero-order valence-corrected chi connectivity index (χ0v) is 11.9. The van der Waals surface area contributed by atoms with Crippen molar-refractivity contribution in [3.8, 4) is 0 Å². The Morgan fingerprint density at radius 2 is 2.28 bits per heavy atom. The van der Waals surface area contributed by atoms with Crippen LogP contribution in [0.1, 0.15) is 26.0 Å². The molecule has 1 heterocycles. The quantitative estimate of drug-likeness (QED) is 0.686. The standard InChI is InChI=1S/C13H25N3O2/c1-5-18-8-6-7-16-9-11(2)14-13(16)15-12(3)10-17-4/h9,12H,5-8,10H2,1-4H3,(H,14,15). The maximum absolute atomic E-state index is 5.35. The van der Waals surface area contributed by atoms with E-state index in [-0.39, 0.29) is 6.04 Å². The molecule has 1 rings (SSSR count). The van der Waals surface area contributed by atoms with Gasteiger partial charge in [0.05, 0.1) is 12.3 Å². The van der Waals surface area contributed by atoms with E-state index in [1.807, 2.05) is 13.8 Å². The molecule has 0 amide bonds. The van der Waals surface area contributed by atoms with Crippen LogP contribution in [0.3, 0.4) is 0 Å². The number of hydrogen-bond donors (Lipinski definition) is 1. The number of nitrogens with one attached hydrogen (secondary N) is 1. The summed E-state index contributed by atoms with van der Waals surface area (Å²) in [6, 6.07) is 0.252. The number of nitrogens with zero attached hydrogens (tertiary/aromatic N) is 2. The van der Waals surface area contributed by atoms with E-state index in [9.17, 15) is 0 Å². The number of imidazole rings is 1. The molecule has 0 aliphatic rings. The van der Waals surface area contributed by atoms with E-state index in [1.54, 1.807) is 7.11 Å². The lowest BCUT2D eigenvalue weighted by Crippen LogP contribution is -2.23. The van der Waals surface area contributed by atoms with Crippen LogP contribution in [0.2, 0.25) is 0 Å². The maximum Gasteiger partial charge on any atom is 0.203 e. The third kappa shape index (κ3) is 5.06. The molecule has 0 aliphatic heterocycles. The molecule has 5 heteroatoms. The van der Waals surface area contributed by atoms with Gasteiger partial charge < -0.3 is 19.4 Å². The number of aryl methyl sites for hydroxylation is 2. The normalized spacial score (nSPS) is 12.7. The van der Waals surface area contributed by atoms with Crippen LogP contribution >= 0.6 is 0 Å². The summed E-state index contributed by atoms with van der Waals surface area (Å²) in [6.45, 7) is 9.26. The van der Waals surface area contributed by atoms with Crippen molar-refractivity contribution >= 4 is 5.95 Å². The first kappa shape index (κ1) is 15.0. The average Bonchev–Trinajstić information content (AvgIpc) is 2.65. The minimum atomic E-state index is 0.252. The van der Waals surface area contributed by atoms with Gasteiger partial charge in [-0.15, -0.1) is 0 Å². The summed E-state index contributed by atoms with van der Waals surface area (Å²) in [5.41, 5.74) is 1.03. The molecule has 0 aliphatic carbocycles. The van der Waals surface area contributed by atoms with Gasteiger partial charge in [-0.3, -0.25) is 0 Å². The first-order chi connectivity index (χ1) is 8.67. The molecule has 0 radical (unpaired) electrons. The second-order valence-corrected chi connectivity index (χ2v) is 4.45. The fourth-order valence-electron chi connectivity index (χ4n) is 1.83. The fourth-order valence-corrected chi connectivity index (χ4v) is 1.83. The highest BCUT2D eigenvalue weighted by Gasteiger charge is 2.08. The number of methoxy groups -OCH3 is 1. The van der Waals surface area contributed by atoms with Crippen LogP contribution in [0.15, 0.2) is 6.20 Å². The SMILES string of the molecule is CCOCCCn1cc(C)nc1NC(C)COC. The molecule has 0 spiro atoms. The molecule has 18 heavy (non-hydrogen) atoms. The molecule has 0 aromatic carbocycles. The fraction of sp³-hybridized carbons (Fsp3) is 0.769. The Hall–Kier alpha value is -1.07. The second kappa shape index (κ2) is 8.11. The Labute approximate surface area is 109 Å². The highest BCUT2D eigenvalue weighted by Crippen LogP contribution is 2.10. The van der Waals surface area contributed by atoms with Gasteiger partial charge in [-0.2, -0.15) is 0 Å². The smallest absolute Gasteiger partial charge is 0.203 e. The van der Waals surface area contributed by atoms with Gasteiger partial charge in [-0.05, 0) is 27.2 Å². The van der Waals surface area contributed by atoms with E-state index in [1.165, 1.54) is 0 Å². The third-order valence-electron chi connectivity index (χ3n) is 2.58. The van der Waals surface area contributed by atoms with Crippen molar-refractivity contribution < 1.29 is 9.47 Å². The highest BCUT2D eigenvalue weighted by atomic mass is 16.5. The molecule has 1 unspecified atom stereocenters. The molecular formula is C13H25N3O2. The minimum Gasteiger partial charge on any atom is -0.383 e. The van der Waals surface area contributed by atoms with Crippen molar-refractivity contribution in [1.29, 1.82) is 0 Å². The number of ether oxygens (including phenoxy) is 2. The molecule has 0 saturated carbocycles. The van der Waals surface area contributed by atoms with Gasteiger partial charge in [0, 0.05) is 39.1 Å². The lowest BCUT2D eigenvalue weighted by molar-refractivity contribution is 0.141. The molecule has 104 valence electrons. The largest absolute Gasteiger partial charge is 0.383 e. The van der Waals surface area contributed by atoms with Crippen LogP contribution in [0, 0.1) is 6.92 Å². The summed E-state index contributed by atoms with van der Waals surface area (Å²) < 4.78 is 12.6. The molecule has 5 nitrogen and oxygen atoms in total. The third-order valence-corrected chi connectivity index (χ3v) is 2.58. The van der Waals surface area contributed by atoms with Crippen LogP contribution in [-0.4, -0.2) is 42.5 Å². The Kier molecular flexibility index (Phi) is 6.75. The van der Waals surface area contributed by atoms with Crippen LogP contribution in [0.25, 0.3) is 0 Å². The van der Waals surface area contributed by atoms with Crippen LogP contribution in [0.5, 0.6) is 0 Å². The average molecular weight is 255 g/mol. The number of anilines is 1. The van der Waals surface area contributed by atoms with E-state index in [2.05, 4.69) is 28.0 Å². The zero-order valence-electron chi connectivity index (χ0n) is 11.9. The summed E-state index contributed by atoms with van der Waals surface area (Å²) in [5.74, 6) is 0.911. The molecule has 0 fully saturated rings. The van der Waals surface area contributed by atoms with Crippen molar-refractivity contribution in [3.63, 3.8) is 0 Å². The maximum atomic E-state index is 5.35. The monoisotopic (exact) mass is 255 g/mol. The van der Waals surface area contributed by atoms with Gasteiger partial charge in [0.25, 0.3) is 0 Å². The van der Waals surface area contributed by atoms with Crippen molar-refractivity contribution in [2.75, 3.05) is 32.2 Å². The summed E-state index contributed by atoms with van der Waals surface area (Å²) >= 11 is 0. The predicted octanol–water partition coefficient (Wildman–Crippen LogP) is 2.06.